The Morgan fingerprint density at radius 1 is 1.08 bits per heavy atom. The van der Waals surface area contributed by atoms with E-state index in [4.69, 9.17) is 24.2 Å². The fourth-order valence-corrected chi connectivity index (χ4v) is 11.0. The van der Waals surface area contributed by atoms with Crippen LogP contribution in [0.3, 0.4) is 0 Å². The van der Waals surface area contributed by atoms with Crippen LogP contribution >= 0.6 is 65.3 Å². The summed E-state index contributed by atoms with van der Waals surface area (Å²) in [6, 6.07) is 7.08. The van der Waals surface area contributed by atoms with Crippen molar-refractivity contribution < 1.29 is 38.2 Å². The second-order valence-electron chi connectivity index (χ2n) is 19.6. The summed E-state index contributed by atoms with van der Waals surface area (Å²) in [6.45, 7) is 17.9. The number of carbonyl (C=O) groups is 5. The van der Waals surface area contributed by atoms with Crippen LogP contribution in [0.2, 0.25) is 0 Å². The molecular weight excluding hydrogens is 1010 g/mol. The van der Waals surface area contributed by atoms with Crippen LogP contribution in [-0.2, 0) is 52.8 Å². The first-order valence-electron chi connectivity index (χ1n) is 23.7. The summed E-state index contributed by atoms with van der Waals surface area (Å²) in [4.78, 5) is 84.6. The zero-order valence-corrected chi connectivity index (χ0v) is 47.3. The molecule has 3 aromatic heterocycles. The number of esters is 1. The van der Waals surface area contributed by atoms with E-state index >= 15 is 0 Å². The van der Waals surface area contributed by atoms with Gasteiger partial charge in [0.25, 0.3) is 5.91 Å². The van der Waals surface area contributed by atoms with Crippen molar-refractivity contribution in [2.75, 3.05) is 53.6 Å². The third-order valence-corrected chi connectivity index (χ3v) is 14.6. The summed E-state index contributed by atoms with van der Waals surface area (Å²) >= 11 is 1.40. The molecule has 3 saturated heterocycles. The number of nitrogens with zero attached hydrogens (tertiary/aromatic N) is 7. The zero-order chi connectivity index (χ0) is 48.7. The highest BCUT2D eigenvalue weighted by Crippen LogP contribution is 2.42. The van der Waals surface area contributed by atoms with Crippen molar-refractivity contribution in [3.05, 3.63) is 70.8 Å². The fraction of sp³-hybridized carbons (Fsp3) is 0.540. The number of aryl methyl sites for hydroxylation is 1. The van der Waals surface area contributed by atoms with E-state index in [0.717, 1.165) is 44.7 Å². The molecule has 22 heteroatoms. The molecule has 5 amide bonds. The van der Waals surface area contributed by atoms with Gasteiger partial charge in [-0.2, -0.15) is 54.0 Å². The molecule has 4 aromatic rings. The van der Waals surface area contributed by atoms with Gasteiger partial charge in [-0.3, -0.25) is 34.1 Å². The lowest BCUT2D eigenvalue weighted by molar-refractivity contribution is -0.234. The zero-order valence-electron chi connectivity index (χ0n) is 42.5. The van der Waals surface area contributed by atoms with Gasteiger partial charge in [0.15, 0.2) is 5.72 Å². The molecule has 396 valence electrons. The third-order valence-electron chi connectivity index (χ3n) is 13.8. The van der Waals surface area contributed by atoms with Gasteiger partial charge in [-0.05, 0) is 81.4 Å². The van der Waals surface area contributed by atoms with Gasteiger partial charge >= 0.3 is 12.0 Å². The van der Waals surface area contributed by atoms with Gasteiger partial charge < -0.3 is 33.9 Å². The molecule has 0 radical (unpaired) electrons. The van der Waals surface area contributed by atoms with Crippen molar-refractivity contribution in [2.24, 2.45) is 11.3 Å². The highest BCUT2D eigenvalue weighted by atomic mass is 32.1. The molecule has 6 bridgehead atoms. The van der Waals surface area contributed by atoms with Crippen molar-refractivity contribution in [1.82, 2.24) is 45.0 Å². The minimum absolute atomic E-state index is 0. The quantitative estimate of drug-likeness (QED) is 0.145. The van der Waals surface area contributed by atoms with Crippen LogP contribution in [0.1, 0.15) is 83.2 Å². The summed E-state index contributed by atoms with van der Waals surface area (Å²) in [5.74, 6) is -2.03. The predicted octanol–water partition coefficient (Wildman–Crippen LogP) is 6.18. The Bertz CT molecular complexity index is 2600. The number of cyclic esters (lactones) is 1. The Hall–Kier alpha value is -4.29. The van der Waals surface area contributed by atoms with E-state index in [9.17, 15) is 24.0 Å². The number of nitrogens with one attached hydrogen (secondary N) is 2. The first kappa shape index (κ1) is 60.3. The van der Waals surface area contributed by atoms with Gasteiger partial charge in [-0.1, -0.05) is 40.3 Å². The number of pyridine rings is 1. The van der Waals surface area contributed by atoms with Crippen LogP contribution in [0.15, 0.2) is 54.6 Å². The van der Waals surface area contributed by atoms with Gasteiger partial charge in [0.2, 0.25) is 11.8 Å². The molecule has 1 spiro atoms. The topological polar surface area (TPSA) is 181 Å². The molecule has 0 aliphatic carbocycles. The second kappa shape index (κ2) is 24.8. The average molecular weight is 1090 g/mol. The highest BCUT2D eigenvalue weighted by Gasteiger charge is 2.55. The Balaban J connectivity index is 0.00000281. The molecule has 1 aromatic carbocycles. The Morgan fingerprint density at radius 3 is 2.50 bits per heavy atom. The van der Waals surface area contributed by atoms with Crippen LogP contribution < -0.4 is 10.7 Å². The number of hydrogen-bond acceptors (Lipinski definition) is 12. The number of benzene rings is 1. The van der Waals surface area contributed by atoms with E-state index in [0.29, 0.717) is 56.9 Å². The van der Waals surface area contributed by atoms with Gasteiger partial charge in [-0.15, -0.1) is 11.3 Å². The maximum absolute atomic E-state index is 14.7. The van der Waals surface area contributed by atoms with Gasteiger partial charge in [-0.25, -0.2) is 15.2 Å². The lowest BCUT2D eigenvalue weighted by Crippen LogP contribution is -2.76. The normalized spacial score (nSPS) is 20.3. The lowest BCUT2D eigenvalue weighted by atomic mass is 9.84. The summed E-state index contributed by atoms with van der Waals surface area (Å²) < 4.78 is 20.4. The molecule has 0 unspecified atom stereocenters. The molecule has 3 fully saturated rings. The molecule has 4 atom stereocenters. The molecule has 7 heterocycles. The summed E-state index contributed by atoms with van der Waals surface area (Å²) in [7, 11) is 3.26. The molecule has 4 aliphatic rings. The van der Waals surface area contributed by atoms with Crippen molar-refractivity contribution in [3.63, 3.8) is 0 Å². The summed E-state index contributed by atoms with van der Waals surface area (Å²) in [5.41, 5.74) is 8.21. The van der Waals surface area contributed by atoms with Crippen molar-refractivity contribution in [2.45, 2.75) is 110 Å². The Labute approximate surface area is 454 Å². The molecule has 8 rings (SSSR count). The smallest absolute Gasteiger partial charge is 0.324 e. The number of hydrogen-bond donors (Lipinski definition) is 2. The highest BCUT2D eigenvalue weighted by molar-refractivity contribution is 7.59. The number of thiazole rings is 1. The number of likely N-dealkylation sites (tertiary alicyclic amines) is 1. The molecule has 72 heavy (non-hydrogen) atoms. The monoisotopic (exact) mass is 1090 g/mol. The SMILES string of the molecule is C=CC(=O)N1CC2(C1)OCCCN2C(=O)N(C)[C@H](C(=O)N[C@H]1Cc2nc(cs2)-c2ccc3c(c2)c(c(-c2cccnc2[C@H](C)OC)n3CC)CC(C)(C)COC(=O)[C@@H]2CCCN(N2)C1=O)C(C)C.S.S.S.S. The summed E-state index contributed by atoms with van der Waals surface area (Å²) in [6.07, 6.45) is 4.97. The van der Waals surface area contributed by atoms with E-state index in [1.54, 1.807) is 30.2 Å². The number of aromatic nitrogens is 3. The van der Waals surface area contributed by atoms with Gasteiger partial charge in [0.1, 0.15) is 18.1 Å². The van der Waals surface area contributed by atoms with Crippen LogP contribution in [-0.4, -0.2) is 141 Å². The average Bonchev–Trinajstić information content (AvgIpc) is 3.92. The van der Waals surface area contributed by atoms with E-state index in [1.807, 2.05) is 32.2 Å². The number of methoxy groups -OCH3 is 1. The number of carbonyl (C=O) groups excluding carboxylic acids is 5. The number of ether oxygens (including phenoxy) is 3. The minimum atomic E-state index is -1.11. The summed E-state index contributed by atoms with van der Waals surface area (Å²) in [5, 5.41) is 8.08. The minimum Gasteiger partial charge on any atom is -0.464 e. The second-order valence-corrected chi connectivity index (χ2v) is 20.5. The maximum Gasteiger partial charge on any atom is 0.324 e. The number of amides is 5. The van der Waals surface area contributed by atoms with E-state index in [1.165, 1.54) is 27.3 Å². The predicted molar refractivity (Wildman–Crippen MR) is 299 cm³/mol. The molecular formula is C50H73N9O8S5. The number of likely N-dealkylation sites (N-methyl/N-ethyl adjacent to an activating group) is 1. The molecule has 2 N–H and O–H groups in total. The van der Waals surface area contributed by atoms with E-state index < -0.39 is 53.1 Å². The third kappa shape index (κ3) is 12.0. The number of urea groups is 1. The van der Waals surface area contributed by atoms with Gasteiger partial charge in [0.05, 0.1) is 54.5 Å². The number of rotatable bonds is 9. The maximum atomic E-state index is 14.7. The van der Waals surface area contributed by atoms with Crippen LogP contribution in [0.5, 0.6) is 0 Å². The van der Waals surface area contributed by atoms with Crippen molar-refractivity contribution in [3.8, 4) is 22.5 Å². The lowest BCUT2D eigenvalue weighted by Gasteiger charge is -2.57. The first-order chi connectivity index (χ1) is 32.5. The van der Waals surface area contributed by atoms with Crippen LogP contribution in [0.4, 0.5) is 4.79 Å². The number of hydrazine groups is 1. The van der Waals surface area contributed by atoms with Crippen molar-refractivity contribution in [1.29, 1.82) is 0 Å². The molecule has 17 nitrogen and oxygen atoms in total. The Kier molecular flexibility index (Phi) is 20.8. The fourth-order valence-electron chi connectivity index (χ4n) is 10.2. The standard InChI is InChI=1S/C50H65N9O8S.4H2S/c1-10-41(60)56-27-50(28-56)58(20-14-22-67-50)48(64)55(8)43(30(3)4)45(61)53-37-24-40-52-38(26-68-40)32-17-18-39-34(23-32)35(44(57(39)11-2)33-15-12-19-51-42(33)31(5)65-9)25-49(6,7)29-66-47(63)36-16-13-21-59(54-36)46(37)62;;;;/h10,12,15,17-19,23,26,30-31,36-37,43,54H,1,11,13-14,16,20-22,24-25,27-29H2,2-9H3,(H,53,61);4*1H2/t31-,36-,37-,43-;;;;/m0..../s1. The first-order valence-corrected chi connectivity index (χ1v) is 24.6. The van der Waals surface area contributed by atoms with Gasteiger partial charge in [0, 0.05) is 79.2 Å². The largest absolute Gasteiger partial charge is 0.464 e. The van der Waals surface area contributed by atoms with E-state index in [-0.39, 0.29) is 98.0 Å². The van der Waals surface area contributed by atoms with E-state index in [2.05, 4.69) is 66.9 Å². The number of fused-ring (bicyclic) bond motifs is 6. The Morgan fingerprint density at radius 2 is 1.82 bits per heavy atom. The van der Waals surface area contributed by atoms with Crippen LogP contribution in [0, 0.1) is 11.3 Å². The van der Waals surface area contributed by atoms with Crippen LogP contribution in [0.25, 0.3) is 33.4 Å². The van der Waals surface area contributed by atoms with Crippen molar-refractivity contribution >= 4 is 106 Å². The molecule has 0 saturated carbocycles. The molecule has 4 aliphatic heterocycles.